The van der Waals surface area contributed by atoms with E-state index < -0.39 is 33.7 Å². The highest BCUT2D eigenvalue weighted by Gasteiger charge is 2.45. The third-order valence-corrected chi connectivity index (χ3v) is 5.87. The molecule has 3 unspecified atom stereocenters. The molecule has 1 rings (SSSR count). The van der Waals surface area contributed by atoms with Crippen molar-refractivity contribution in [1.29, 1.82) is 0 Å². The van der Waals surface area contributed by atoms with Crippen LogP contribution in [0.25, 0.3) is 0 Å². The molecule has 0 amide bonds. The van der Waals surface area contributed by atoms with Crippen LogP contribution in [0, 0.1) is 11.8 Å². The molecular formula is C13H26O8P2. The molecule has 8 nitrogen and oxygen atoms in total. The van der Waals surface area contributed by atoms with Crippen LogP contribution in [0.1, 0.15) is 27.2 Å². The van der Waals surface area contributed by atoms with Gasteiger partial charge in [-0.25, -0.2) is 4.57 Å². The highest BCUT2D eigenvalue weighted by atomic mass is 31.2. The molecule has 0 aromatic heterocycles. The zero-order valence-corrected chi connectivity index (χ0v) is 15.8. The molecule has 6 atom stereocenters. The maximum absolute atomic E-state index is 12.1. The van der Waals surface area contributed by atoms with Crippen molar-refractivity contribution in [2.24, 2.45) is 11.8 Å². The lowest BCUT2D eigenvalue weighted by molar-refractivity contribution is -0.0239. The molecule has 0 spiro atoms. The fourth-order valence-corrected chi connectivity index (χ4v) is 4.41. The topological polar surface area (TPSA) is 112 Å². The van der Waals surface area contributed by atoms with Crippen LogP contribution in [0.3, 0.4) is 0 Å². The largest absolute Gasteiger partial charge is 0.472 e. The number of phosphoric ester groups is 1. The van der Waals surface area contributed by atoms with E-state index in [1.165, 1.54) is 13.2 Å². The Balaban J connectivity index is 2.96. The summed E-state index contributed by atoms with van der Waals surface area (Å²) in [5, 5.41) is 0. The van der Waals surface area contributed by atoms with Crippen molar-refractivity contribution >= 4 is 15.4 Å². The molecule has 23 heavy (non-hydrogen) atoms. The van der Waals surface area contributed by atoms with E-state index >= 15 is 0 Å². The average Bonchev–Trinajstić information content (AvgIpc) is 2.70. The third kappa shape index (κ3) is 6.40. The van der Waals surface area contributed by atoms with Gasteiger partial charge in [-0.3, -0.25) is 13.6 Å². The van der Waals surface area contributed by atoms with Gasteiger partial charge in [-0.05, 0) is 26.2 Å². The first kappa shape index (κ1) is 21.0. The molecule has 0 aromatic carbocycles. The summed E-state index contributed by atoms with van der Waals surface area (Å²) in [5.74, 6) is 0.728. The minimum Gasteiger partial charge on any atom is -0.378 e. The van der Waals surface area contributed by atoms with E-state index in [2.05, 4.69) is 4.52 Å². The summed E-state index contributed by atoms with van der Waals surface area (Å²) in [7, 11) is -5.45. The van der Waals surface area contributed by atoms with Crippen LogP contribution < -0.4 is 0 Å². The van der Waals surface area contributed by atoms with Crippen LogP contribution in [0.4, 0.5) is 0 Å². The number of rotatable bonds is 8. The first-order chi connectivity index (χ1) is 10.5. The normalized spacial score (nSPS) is 33.9. The monoisotopic (exact) mass is 372 g/mol. The second kappa shape index (κ2) is 8.37. The molecule has 1 saturated carbocycles. The highest BCUT2D eigenvalue weighted by Crippen LogP contribution is 2.51. The lowest BCUT2D eigenvalue weighted by Crippen LogP contribution is -2.31. The number of hydrogen-bond acceptors (Lipinski definition) is 6. The smallest absolute Gasteiger partial charge is 0.378 e. The van der Waals surface area contributed by atoms with Crippen molar-refractivity contribution in [3.05, 3.63) is 11.9 Å². The molecule has 1 aliphatic rings. The predicted octanol–water partition coefficient (Wildman–Crippen LogP) is 2.91. The second-order valence-electron chi connectivity index (χ2n) is 5.86. The molecule has 136 valence electrons. The van der Waals surface area contributed by atoms with Crippen molar-refractivity contribution < 1.29 is 37.2 Å². The summed E-state index contributed by atoms with van der Waals surface area (Å²) < 4.78 is 43.7. The van der Waals surface area contributed by atoms with Crippen LogP contribution in [-0.2, 0) is 27.4 Å². The minimum atomic E-state index is -4.26. The standard InChI is InChI=1S/C13H26O8P2/c1-9(2)20-23(16,17)21-13-11(6-7-22(14,15)19-5)8-10(3)12(13)18-4/h6-7,9-13H,8H2,1-5H3,(H,14,15)(H,16,17)/b7-6+/t10?,11-,12-,13+/m0/s1. The summed E-state index contributed by atoms with van der Waals surface area (Å²) in [5.41, 5.74) is 0. The van der Waals surface area contributed by atoms with Crippen molar-refractivity contribution in [1.82, 2.24) is 0 Å². The van der Waals surface area contributed by atoms with Gasteiger partial charge in [0.25, 0.3) is 0 Å². The zero-order valence-electron chi connectivity index (χ0n) is 14.0. The maximum Gasteiger partial charge on any atom is 0.472 e. The molecule has 0 bridgehead atoms. The van der Waals surface area contributed by atoms with Gasteiger partial charge < -0.3 is 19.0 Å². The second-order valence-corrected chi connectivity index (χ2v) is 9.01. The van der Waals surface area contributed by atoms with E-state index in [9.17, 15) is 18.9 Å². The lowest BCUT2D eigenvalue weighted by Gasteiger charge is -2.26. The van der Waals surface area contributed by atoms with Crippen molar-refractivity contribution in [2.75, 3.05) is 14.2 Å². The van der Waals surface area contributed by atoms with E-state index in [-0.39, 0.29) is 11.8 Å². The molecule has 0 saturated heterocycles. The fourth-order valence-electron chi connectivity index (χ4n) is 2.68. The first-order valence-corrected chi connectivity index (χ1v) is 10.5. The zero-order chi connectivity index (χ0) is 17.8. The van der Waals surface area contributed by atoms with E-state index in [1.807, 2.05) is 6.92 Å². The average molecular weight is 372 g/mol. The first-order valence-electron chi connectivity index (χ1n) is 7.31. The minimum absolute atomic E-state index is 0.0410. The van der Waals surface area contributed by atoms with Gasteiger partial charge in [0.1, 0.15) is 6.10 Å². The summed E-state index contributed by atoms with van der Waals surface area (Å²) in [6.07, 6.45) is 0.371. The Labute approximate surface area is 136 Å². The molecule has 0 aliphatic heterocycles. The number of methoxy groups -OCH3 is 1. The van der Waals surface area contributed by atoms with Crippen LogP contribution >= 0.6 is 15.4 Å². The summed E-state index contributed by atoms with van der Waals surface area (Å²) in [4.78, 5) is 19.3. The Morgan fingerprint density at radius 3 is 2.26 bits per heavy atom. The van der Waals surface area contributed by atoms with Crippen LogP contribution in [-0.4, -0.2) is 42.3 Å². The van der Waals surface area contributed by atoms with Crippen LogP contribution in [0.5, 0.6) is 0 Å². The van der Waals surface area contributed by atoms with E-state index in [0.717, 1.165) is 12.9 Å². The van der Waals surface area contributed by atoms with Gasteiger partial charge >= 0.3 is 15.4 Å². The Morgan fingerprint density at radius 1 is 1.17 bits per heavy atom. The number of phosphoric acid groups is 1. The molecule has 1 fully saturated rings. The maximum atomic E-state index is 12.1. The summed E-state index contributed by atoms with van der Waals surface area (Å²) >= 11 is 0. The summed E-state index contributed by atoms with van der Waals surface area (Å²) in [6, 6.07) is 0. The number of hydrogen-bond donors (Lipinski definition) is 2. The van der Waals surface area contributed by atoms with Gasteiger partial charge in [-0.2, -0.15) is 0 Å². The van der Waals surface area contributed by atoms with Crippen molar-refractivity contribution in [3.8, 4) is 0 Å². The van der Waals surface area contributed by atoms with Gasteiger partial charge in [-0.1, -0.05) is 13.0 Å². The van der Waals surface area contributed by atoms with Crippen LogP contribution in [0.2, 0.25) is 0 Å². The Hall–Kier alpha value is -0.0400. The quantitative estimate of drug-likeness (QED) is 0.626. The highest BCUT2D eigenvalue weighted by molar-refractivity contribution is 7.56. The van der Waals surface area contributed by atoms with Gasteiger partial charge in [-0.15, -0.1) is 0 Å². The molecular weight excluding hydrogens is 346 g/mol. The molecule has 2 N–H and O–H groups in total. The van der Waals surface area contributed by atoms with E-state index in [4.69, 9.17) is 13.8 Å². The van der Waals surface area contributed by atoms with Gasteiger partial charge in [0.15, 0.2) is 0 Å². The van der Waals surface area contributed by atoms with Gasteiger partial charge in [0, 0.05) is 26.0 Å². The Morgan fingerprint density at radius 2 is 1.78 bits per heavy atom. The molecule has 10 heteroatoms. The lowest BCUT2D eigenvalue weighted by atomic mass is 10.1. The number of ether oxygens (including phenoxy) is 1. The SMILES string of the molecule is CO[C@H]1C(C)C[C@H](/C=C/P(=O)(O)OC)[C@H]1OP(=O)(O)OC(C)C. The van der Waals surface area contributed by atoms with Crippen molar-refractivity contribution in [3.63, 3.8) is 0 Å². The fraction of sp³-hybridized carbons (Fsp3) is 0.846. The Bertz CT molecular complexity index is 506. The molecule has 1 aliphatic carbocycles. The van der Waals surface area contributed by atoms with Gasteiger partial charge in [0.05, 0.1) is 12.2 Å². The van der Waals surface area contributed by atoms with Gasteiger partial charge in [0.2, 0.25) is 0 Å². The molecule has 0 aromatic rings. The predicted molar refractivity (Wildman–Crippen MR) is 85.0 cm³/mol. The third-order valence-electron chi connectivity index (χ3n) is 3.60. The van der Waals surface area contributed by atoms with E-state index in [0.29, 0.717) is 6.42 Å². The van der Waals surface area contributed by atoms with E-state index in [1.54, 1.807) is 13.8 Å². The summed E-state index contributed by atoms with van der Waals surface area (Å²) in [6.45, 7) is 5.16. The molecule has 0 heterocycles. The Kier molecular flexibility index (Phi) is 7.64. The van der Waals surface area contributed by atoms with Crippen LogP contribution in [0.15, 0.2) is 11.9 Å². The van der Waals surface area contributed by atoms with Crippen molar-refractivity contribution in [2.45, 2.75) is 45.5 Å². The molecule has 0 radical (unpaired) electrons.